The van der Waals surface area contributed by atoms with Gasteiger partial charge in [0.25, 0.3) is 0 Å². The van der Waals surface area contributed by atoms with E-state index in [-0.39, 0.29) is 25.7 Å². The first-order valence-electron chi connectivity index (χ1n) is 38.8. The SMILES string of the molecule is CC/C=C\C/C=C\C/C=C\C/C=C\C/C=C\C/C=C\CCC(=O)OCC(COP(=O)(O)OCC(O)COP(=O)(O)OCC(COC(=O)CCCCCCCCC/C=C\C/C=C\C/C=C\CC)OC(=O)CCCCCCC/C=C\CCCCCC)OC(=O)CCCCCCCCCCCCC. The van der Waals surface area contributed by atoms with Crippen molar-refractivity contribution >= 4 is 39.5 Å². The molecule has 0 spiro atoms. The van der Waals surface area contributed by atoms with Crippen LogP contribution in [-0.2, 0) is 65.4 Å². The summed E-state index contributed by atoms with van der Waals surface area (Å²) >= 11 is 0. The number of ether oxygens (including phenoxy) is 4. The van der Waals surface area contributed by atoms with E-state index in [0.717, 1.165) is 161 Å². The highest BCUT2D eigenvalue weighted by atomic mass is 31.2. The zero-order valence-electron chi connectivity index (χ0n) is 62.6. The van der Waals surface area contributed by atoms with Gasteiger partial charge in [-0.25, -0.2) is 9.13 Å². The number of unbranched alkanes of at least 4 members (excludes halogenated alkanes) is 26. The van der Waals surface area contributed by atoms with Crippen molar-refractivity contribution in [1.82, 2.24) is 0 Å². The van der Waals surface area contributed by atoms with E-state index in [1.807, 2.05) is 18.2 Å². The fourth-order valence-corrected chi connectivity index (χ4v) is 11.7. The third-order valence-corrected chi connectivity index (χ3v) is 17.8. The standard InChI is InChI=1S/C81H138O17P2/c1-5-9-13-17-21-25-29-32-34-36-37-39-41-44-47-50-54-58-62-66-78(83)91-71-76(97-80(85)67-63-59-55-51-45-28-24-20-16-12-8-4)73-95-99(87,88)93-69-75(82)70-94-100(89,90)96-74-77(98-81(86)68-64-60-56-52-48-42-31-27-23-19-15-11-7-3)72-92-79(84)65-61-57-53-49-46-43-40-38-35-33-30-26-22-18-14-10-6-2/h9-10,13-14,21-22,25-27,31-35,37,39,44,47,54,58,75-77,82H,5-8,11-12,15-20,23-24,28-30,36,38,40-43,45-46,48-53,55-57,59-74H2,1-4H3,(H,87,88)(H,89,90)/b13-9-,14-10-,25-21-,26-22-,31-27-,34-32-,35-33-,39-37-,47-44-,58-54-. The van der Waals surface area contributed by atoms with Crippen LogP contribution in [0.4, 0.5) is 0 Å². The first-order chi connectivity index (χ1) is 48.7. The van der Waals surface area contributed by atoms with Crippen LogP contribution in [0.25, 0.3) is 0 Å². The van der Waals surface area contributed by atoms with Gasteiger partial charge in [0.1, 0.15) is 19.3 Å². The molecule has 0 saturated carbocycles. The van der Waals surface area contributed by atoms with E-state index in [2.05, 4.69) is 131 Å². The smallest absolute Gasteiger partial charge is 0.462 e. The van der Waals surface area contributed by atoms with Crippen molar-refractivity contribution < 1.29 is 80.2 Å². The third kappa shape index (κ3) is 71.8. The second kappa shape index (κ2) is 72.8. The average Bonchev–Trinajstić information content (AvgIpc) is 1.02. The number of phosphoric acid groups is 2. The van der Waals surface area contributed by atoms with Gasteiger partial charge in [-0.3, -0.25) is 37.3 Å². The minimum absolute atomic E-state index is 0.0361. The van der Waals surface area contributed by atoms with E-state index in [1.165, 1.54) is 64.2 Å². The molecule has 0 heterocycles. The number of aliphatic hydroxyl groups is 1. The van der Waals surface area contributed by atoms with Crippen molar-refractivity contribution in [2.75, 3.05) is 39.6 Å². The minimum atomic E-state index is -4.99. The van der Waals surface area contributed by atoms with Crippen LogP contribution in [0.15, 0.2) is 122 Å². The Balaban J connectivity index is 5.37. The number of phosphoric ester groups is 2. The fraction of sp³-hybridized carbons (Fsp3) is 0.704. The molecular formula is C81H138O17P2. The van der Waals surface area contributed by atoms with Gasteiger partial charge in [-0.15, -0.1) is 0 Å². The van der Waals surface area contributed by atoms with Gasteiger partial charge in [0.15, 0.2) is 12.2 Å². The highest BCUT2D eigenvalue weighted by Crippen LogP contribution is 2.45. The summed E-state index contributed by atoms with van der Waals surface area (Å²) in [7, 11) is -9.97. The number of carbonyl (C=O) groups is 4. The van der Waals surface area contributed by atoms with Crippen molar-refractivity contribution in [1.29, 1.82) is 0 Å². The van der Waals surface area contributed by atoms with Crippen molar-refractivity contribution in [2.24, 2.45) is 0 Å². The average molecular weight is 1450 g/mol. The van der Waals surface area contributed by atoms with Gasteiger partial charge in [-0.2, -0.15) is 0 Å². The molecule has 0 radical (unpaired) electrons. The Morgan fingerprint density at radius 3 is 0.880 bits per heavy atom. The molecule has 5 unspecified atom stereocenters. The Labute approximate surface area is 606 Å². The first-order valence-corrected chi connectivity index (χ1v) is 41.8. The van der Waals surface area contributed by atoms with E-state index in [1.54, 1.807) is 0 Å². The number of hydrogen-bond acceptors (Lipinski definition) is 15. The second-order valence-corrected chi connectivity index (χ2v) is 28.4. The Morgan fingerprint density at radius 2 is 0.540 bits per heavy atom. The molecule has 0 aliphatic carbocycles. The summed E-state index contributed by atoms with van der Waals surface area (Å²) in [6, 6.07) is 0. The molecule has 5 atom stereocenters. The Morgan fingerprint density at radius 1 is 0.290 bits per heavy atom. The summed E-state index contributed by atoms with van der Waals surface area (Å²) in [4.78, 5) is 72.8. The first kappa shape index (κ1) is 95.5. The van der Waals surface area contributed by atoms with Crippen LogP contribution in [0.1, 0.15) is 310 Å². The molecule has 100 heavy (non-hydrogen) atoms. The minimum Gasteiger partial charge on any atom is -0.462 e. The highest BCUT2D eigenvalue weighted by Gasteiger charge is 2.30. The number of rotatable bonds is 72. The van der Waals surface area contributed by atoms with E-state index in [0.29, 0.717) is 32.1 Å². The maximum atomic E-state index is 13.1. The summed E-state index contributed by atoms with van der Waals surface area (Å²) in [6.45, 7) is 4.53. The third-order valence-electron chi connectivity index (χ3n) is 15.9. The maximum Gasteiger partial charge on any atom is 0.472 e. The lowest BCUT2D eigenvalue weighted by molar-refractivity contribution is -0.161. The molecule has 0 aliphatic rings. The van der Waals surface area contributed by atoms with Gasteiger partial charge < -0.3 is 33.8 Å². The number of aliphatic hydroxyl groups excluding tert-OH is 1. The number of allylic oxidation sites excluding steroid dienone is 20. The molecule has 0 aromatic rings. The molecular weight excluding hydrogens is 1310 g/mol. The van der Waals surface area contributed by atoms with Gasteiger partial charge >= 0.3 is 39.5 Å². The van der Waals surface area contributed by atoms with Crippen LogP contribution < -0.4 is 0 Å². The summed E-state index contributed by atoms with van der Waals surface area (Å²) in [5.41, 5.74) is 0. The number of esters is 4. The van der Waals surface area contributed by atoms with Gasteiger partial charge in [0.05, 0.1) is 26.4 Å². The molecule has 0 amide bonds. The quantitative estimate of drug-likeness (QED) is 0.0169. The largest absolute Gasteiger partial charge is 0.472 e. The lowest BCUT2D eigenvalue weighted by Crippen LogP contribution is -2.30. The van der Waals surface area contributed by atoms with E-state index in [9.17, 15) is 43.2 Å². The molecule has 3 N–H and O–H groups in total. The van der Waals surface area contributed by atoms with Crippen LogP contribution in [0.3, 0.4) is 0 Å². The molecule has 19 heteroatoms. The molecule has 0 aromatic heterocycles. The molecule has 0 rings (SSSR count). The van der Waals surface area contributed by atoms with Crippen molar-refractivity contribution in [3.8, 4) is 0 Å². The van der Waals surface area contributed by atoms with E-state index >= 15 is 0 Å². The van der Waals surface area contributed by atoms with Gasteiger partial charge in [0.2, 0.25) is 0 Å². The van der Waals surface area contributed by atoms with Crippen LogP contribution in [0, 0.1) is 0 Å². The Kier molecular flexibility index (Phi) is 69.5. The highest BCUT2D eigenvalue weighted by molar-refractivity contribution is 7.47. The molecule has 0 saturated heterocycles. The zero-order valence-corrected chi connectivity index (χ0v) is 64.4. The second-order valence-electron chi connectivity index (χ2n) is 25.5. The molecule has 574 valence electrons. The molecule has 0 aliphatic heterocycles. The summed E-state index contributed by atoms with van der Waals surface area (Å²) < 4.78 is 68.4. The van der Waals surface area contributed by atoms with Crippen LogP contribution in [-0.4, -0.2) is 96.7 Å². The molecule has 0 bridgehead atoms. The Bertz CT molecular complexity index is 2370. The monoisotopic (exact) mass is 1440 g/mol. The van der Waals surface area contributed by atoms with Crippen molar-refractivity contribution in [3.05, 3.63) is 122 Å². The normalized spacial score (nSPS) is 14.6. The Hall–Kier alpha value is -4.54. The fourth-order valence-electron chi connectivity index (χ4n) is 10.1. The lowest BCUT2D eigenvalue weighted by atomic mass is 10.1. The van der Waals surface area contributed by atoms with Crippen molar-refractivity contribution in [3.63, 3.8) is 0 Å². The topological polar surface area (TPSA) is 237 Å². The summed E-state index contributed by atoms with van der Waals surface area (Å²) in [5, 5.41) is 10.6. The molecule has 0 fully saturated rings. The van der Waals surface area contributed by atoms with Gasteiger partial charge in [-0.05, 0) is 122 Å². The number of hydrogen-bond donors (Lipinski definition) is 3. The van der Waals surface area contributed by atoms with Gasteiger partial charge in [0, 0.05) is 25.7 Å². The summed E-state index contributed by atoms with van der Waals surface area (Å²) in [6.07, 6.45) is 79.2. The van der Waals surface area contributed by atoms with E-state index in [4.69, 9.17) is 37.0 Å². The van der Waals surface area contributed by atoms with E-state index < -0.39 is 97.5 Å². The predicted octanol–water partition coefficient (Wildman–Crippen LogP) is 22.3. The maximum absolute atomic E-state index is 13.1. The zero-order chi connectivity index (χ0) is 73.2. The predicted molar refractivity (Wildman–Crippen MR) is 408 cm³/mol. The molecule has 0 aromatic carbocycles. The van der Waals surface area contributed by atoms with Crippen LogP contribution in [0.5, 0.6) is 0 Å². The van der Waals surface area contributed by atoms with Crippen LogP contribution >= 0.6 is 15.6 Å². The lowest BCUT2D eigenvalue weighted by Gasteiger charge is -2.21. The van der Waals surface area contributed by atoms with Crippen LogP contribution in [0.2, 0.25) is 0 Å². The number of carbonyl (C=O) groups excluding carboxylic acids is 4. The van der Waals surface area contributed by atoms with Crippen molar-refractivity contribution in [2.45, 2.75) is 329 Å². The summed E-state index contributed by atoms with van der Waals surface area (Å²) in [5.74, 6) is -2.29. The molecule has 17 nitrogen and oxygen atoms in total. The van der Waals surface area contributed by atoms with Gasteiger partial charge in [-0.1, -0.05) is 284 Å².